The third-order valence-electron chi connectivity index (χ3n) is 2.90. The van der Waals surface area contributed by atoms with Crippen LogP contribution in [0.15, 0.2) is 17.0 Å². The number of nitrogens with two attached hydrogens (primary N) is 1. The van der Waals surface area contributed by atoms with Gasteiger partial charge in [-0.15, -0.1) is 0 Å². The Bertz CT molecular complexity index is 568. The normalized spacial score (nSPS) is 13.6. The van der Waals surface area contributed by atoms with E-state index in [2.05, 4.69) is 4.72 Å². The quantitative estimate of drug-likeness (QED) is 0.751. The number of hydrogen-bond acceptors (Lipinski definition) is 4. The lowest BCUT2D eigenvalue weighted by Gasteiger charge is -2.22. The number of halogens is 2. The first kappa shape index (κ1) is 17.8. The van der Waals surface area contributed by atoms with E-state index in [-0.39, 0.29) is 18.2 Å². The maximum Gasteiger partial charge on any atom is 0.246 e. The lowest BCUT2D eigenvalue weighted by molar-refractivity contribution is 0.116. The predicted molar refractivity (Wildman–Crippen MR) is 76.2 cm³/mol. The first-order valence-electron chi connectivity index (χ1n) is 6.53. The van der Waals surface area contributed by atoms with Gasteiger partial charge < -0.3 is 10.5 Å². The summed E-state index contributed by atoms with van der Waals surface area (Å²) in [4.78, 5) is -1.03. The molecular weight excluding hydrogens is 302 g/mol. The Hall–Kier alpha value is -1.25. The van der Waals surface area contributed by atoms with E-state index in [1.807, 2.05) is 0 Å². The largest absolute Gasteiger partial charge is 0.399 e. The molecule has 0 aliphatic carbocycles. The van der Waals surface area contributed by atoms with Crippen LogP contribution in [-0.2, 0) is 14.8 Å². The molecule has 8 heteroatoms. The van der Waals surface area contributed by atoms with Crippen molar-refractivity contribution in [3.63, 3.8) is 0 Å². The van der Waals surface area contributed by atoms with E-state index in [0.717, 1.165) is 12.1 Å². The Kier molecular flexibility index (Phi) is 6.06. The molecule has 0 amide bonds. The molecule has 0 aliphatic heterocycles. The molecule has 1 aromatic rings. The van der Waals surface area contributed by atoms with Crippen molar-refractivity contribution in [3.8, 4) is 0 Å². The number of ether oxygens (including phenoxy) is 1. The van der Waals surface area contributed by atoms with Crippen molar-refractivity contribution in [1.82, 2.24) is 4.72 Å². The maximum atomic E-state index is 13.7. The van der Waals surface area contributed by atoms with Gasteiger partial charge in [-0.1, -0.05) is 13.8 Å². The Balaban J connectivity index is 3.11. The molecule has 1 atom stereocenters. The smallest absolute Gasteiger partial charge is 0.246 e. The van der Waals surface area contributed by atoms with Crippen LogP contribution < -0.4 is 10.5 Å². The zero-order chi connectivity index (χ0) is 16.2. The summed E-state index contributed by atoms with van der Waals surface area (Å²) in [6.45, 7) is 5.86. The zero-order valence-electron chi connectivity index (χ0n) is 12.2. The molecule has 1 rings (SSSR count). The van der Waals surface area contributed by atoms with Gasteiger partial charge in [-0.05, 0) is 25.0 Å². The highest BCUT2D eigenvalue weighted by Gasteiger charge is 2.28. The molecule has 0 spiro atoms. The van der Waals surface area contributed by atoms with Gasteiger partial charge in [-0.25, -0.2) is 21.9 Å². The molecule has 120 valence electrons. The topological polar surface area (TPSA) is 81.4 Å². The molecule has 21 heavy (non-hydrogen) atoms. The number of nitrogen functional groups attached to an aromatic ring is 1. The van der Waals surface area contributed by atoms with Gasteiger partial charge in [0.15, 0.2) is 4.90 Å². The summed E-state index contributed by atoms with van der Waals surface area (Å²) >= 11 is 0. The van der Waals surface area contributed by atoms with E-state index < -0.39 is 32.6 Å². The highest BCUT2D eigenvalue weighted by molar-refractivity contribution is 7.89. The number of hydrogen-bond donors (Lipinski definition) is 2. The molecule has 0 fully saturated rings. The molecule has 0 radical (unpaired) electrons. The van der Waals surface area contributed by atoms with Crippen LogP contribution in [0.3, 0.4) is 0 Å². The standard InChI is InChI=1S/C13H20F2N2O3S/c1-4-20-7-12(8(2)3)17-21(18,19)13-10(14)5-9(16)6-11(13)15/h5-6,8,12,17H,4,7,16H2,1-3H3. The fourth-order valence-electron chi connectivity index (χ4n) is 1.70. The summed E-state index contributed by atoms with van der Waals surface area (Å²) in [5.74, 6) is -2.55. The van der Waals surface area contributed by atoms with Gasteiger partial charge in [0.25, 0.3) is 0 Å². The maximum absolute atomic E-state index is 13.7. The second-order valence-corrected chi connectivity index (χ2v) is 6.60. The molecule has 5 nitrogen and oxygen atoms in total. The number of rotatable bonds is 7. The van der Waals surface area contributed by atoms with Crippen molar-refractivity contribution >= 4 is 15.7 Å². The minimum absolute atomic E-state index is 0.105. The number of sulfonamides is 1. The molecule has 1 aromatic carbocycles. The Morgan fingerprint density at radius 1 is 1.29 bits per heavy atom. The number of anilines is 1. The van der Waals surface area contributed by atoms with Gasteiger partial charge in [0.05, 0.1) is 6.61 Å². The van der Waals surface area contributed by atoms with E-state index in [1.165, 1.54) is 0 Å². The summed E-state index contributed by atoms with van der Waals surface area (Å²) in [6.07, 6.45) is 0. The van der Waals surface area contributed by atoms with Crippen LogP contribution in [0.1, 0.15) is 20.8 Å². The number of benzene rings is 1. The summed E-state index contributed by atoms with van der Waals surface area (Å²) in [7, 11) is -4.35. The highest BCUT2D eigenvalue weighted by Crippen LogP contribution is 2.22. The van der Waals surface area contributed by atoms with Crippen molar-refractivity contribution in [1.29, 1.82) is 0 Å². The summed E-state index contributed by atoms with van der Waals surface area (Å²) in [5.41, 5.74) is 5.09. The molecule has 0 saturated carbocycles. The van der Waals surface area contributed by atoms with Crippen LogP contribution in [0.25, 0.3) is 0 Å². The van der Waals surface area contributed by atoms with Crippen molar-refractivity contribution in [2.75, 3.05) is 18.9 Å². The minimum Gasteiger partial charge on any atom is -0.399 e. The molecular formula is C13H20F2N2O3S. The predicted octanol–water partition coefficient (Wildman–Crippen LogP) is 1.89. The Morgan fingerprint density at radius 2 is 1.81 bits per heavy atom. The van der Waals surface area contributed by atoms with E-state index in [1.54, 1.807) is 20.8 Å². The average molecular weight is 322 g/mol. The van der Waals surface area contributed by atoms with Crippen molar-refractivity contribution in [3.05, 3.63) is 23.8 Å². The zero-order valence-corrected chi connectivity index (χ0v) is 13.0. The molecule has 0 aliphatic rings. The van der Waals surface area contributed by atoms with Gasteiger partial charge in [0, 0.05) is 18.3 Å². The fraction of sp³-hybridized carbons (Fsp3) is 0.538. The average Bonchev–Trinajstić information content (AvgIpc) is 2.32. The van der Waals surface area contributed by atoms with E-state index in [0.29, 0.717) is 6.61 Å². The molecule has 1 unspecified atom stereocenters. The SMILES string of the molecule is CCOCC(NS(=O)(=O)c1c(F)cc(N)cc1F)C(C)C. The lowest BCUT2D eigenvalue weighted by atomic mass is 10.1. The number of nitrogens with one attached hydrogen (secondary N) is 1. The van der Waals surface area contributed by atoms with Crippen LogP contribution in [0, 0.1) is 17.6 Å². The molecule has 0 saturated heterocycles. The van der Waals surface area contributed by atoms with Crippen LogP contribution in [0.5, 0.6) is 0 Å². The summed E-state index contributed by atoms with van der Waals surface area (Å²) in [5, 5.41) is 0. The third kappa shape index (κ3) is 4.62. The van der Waals surface area contributed by atoms with Gasteiger partial charge >= 0.3 is 0 Å². The van der Waals surface area contributed by atoms with Crippen LogP contribution in [0.2, 0.25) is 0 Å². The first-order valence-corrected chi connectivity index (χ1v) is 8.02. The van der Waals surface area contributed by atoms with Crippen molar-refractivity contribution in [2.45, 2.75) is 31.7 Å². The Morgan fingerprint density at radius 3 is 2.24 bits per heavy atom. The van der Waals surface area contributed by atoms with Crippen LogP contribution >= 0.6 is 0 Å². The molecule has 3 N–H and O–H groups in total. The van der Waals surface area contributed by atoms with Gasteiger partial charge in [-0.3, -0.25) is 0 Å². The fourth-order valence-corrected chi connectivity index (χ4v) is 3.19. The van der Waals surface area contributed by atoms with Gasteiger partial charge in [0.1, 0.15) is 11.6 Å². The van der Waals surface area contributed by atoms with Gasteiger partial charge in [-0.2, -0.15) is 0 Å². The molecule has 0 bridgehead atoms. The summed E-state index contributed by atoms with van der Waals surface area (Å²) in [6, 6.07) is 0.945. The second kappa shape index (κ2) is 7.15. The second-order valence-electron chi connectivity index (χ2n) is 4.94. The highest BCUT2D eigenvalue weighted by atomic mass is 32.2. The summed E-state index contributed by atoms with van der Waals surface area (Å²) < 4.78 is 59.3. The van der Waals surface area contributed by atoms with E-state index in [9.17, 15) is 17.2 Å². The van der Waals surface area contributed by atoms with E-state index in [4.69, 9.17) is 10.5 Å². The Labute approximate surface area is 123 Å². The minimum atomic E-state index is -4.35. The molecule has 0 heterocycles. The third-order valence-corrected chi connectivity index (χ3v) is 4.44. The van der Waals surface area contributed by atoms with E-state index >= 15 is 0 Å². The van der Waals surface area contributed by atoms with Crippen LogP contribution in [0.4, 0.5) is 14.5 Å². The monoisotopic (exact) mass is 322 g/mol. The first-order chi connectivity index (χ1) is 9.69. The van der Waals surface area contributed by atoms with Crippen molar-refractivity contribution in [2.24, 2.45) is 5.92 Å². The van der Waals surface area contributed by atoms with Crippen molar-refractivity contribution < 1.29 is 21.9 Å². The lowest BCUT2D eigenvalue weighted by Crippen LogP contribution is -2.42. The molecule has 0 aromatic heterocycles. The van der Waals surface area contributed by atoms with Gasteiger partial charge in [0.2, 0.25) is 10.0 Å². The van der Waals surface area contributed by atoms with Crippen LogP contribution in [-0.4, -0.2) is 27.7 Å².